The van der Waals surface area contributed by atoms with Crippen LogP contribution in [0, 0.1) is 0 Å². The summed E-state index contributed by atoms with van der Waals surface area (Å²) in [6.45, 7) is 0. The van der Waals surface area contributed by atoms with Crippen molar-refractivity contribution in [2.75, 3.05) is 0 Å². The normalized spacial score (nSPS) is 15.0. The van der Waals surface area contributed by atoms with Gasteiger partial charge in [0.1, 0.15) is 0 Å². The van der Waals surface area contributed by atoms with Crippen LogP contribution in [0.4, 0.5) is 0 Å². The van der Waals surface area contributed by atoms with E-state index in [1.165, 1.54) is 6.42 Å². The molecule has 2 heterocycles. The number of hydrogen-bond donors (Lipinski definition) is 1. The van der Waals surface area contributed by atoms with Gasteiger partial charge >= 0.3 is 0 Å². The molecule has 1 saturated carbocycles. The summed E-state index contributed by atoms with van der Waals surface area (Å²) >= 11 is 0. The minimum absolute atomic E-state index is 0.0389. The third kappa shape index (κ3) is 2.50. The van der Waals surface area contributed by atoms with Crippen LogP contribution in [0.25, 0.3) is 11.1 Å². The third-order valence-electron chi connectivity index (χ3n) is 3.48. The van der Waals surface area contributed by atoms with Crippen molar-refractivity contribution in [3.05, 3.63) is 36.4 Å². The number of amides is 1. The van der Waals surface area contributed by atoms with Crippen LogP contribution in [0.3, 0.4) is 0 Å². The number of aryl methyl sites for hydroxylation is 1. The Kier molecular flexibility index (Phi) is 3.03. The smallest absolute Gasteiger partial charge is 0.253 e. The summed E-state index contributed by atoms with van der Waals surface area (Å²) in [5, 5.41) is 7.14. The molecular formula is C14H16N4O. The van der Waals surface area contributed by atoms with Crippen LogP contribution in [0.15, 0.2) is 30.9 Å². The topological polar surface area (TPSA) is 59.8 Å². The highest BCUT2D eigenvalue weighted by molar-refractivity contribution is 5.95. The van der Waals surface area contributed by atoms with Gasteiger partial charge in [-0.1, -0.05) is 0 Å². The van der Waals surface area contributed by atoms with Gasteiger partial charge < -0.3 is 5.32 Å². The Morgan fingerprint density at radius 3 is 2.79 bits per heavy atom. The summed E-state index contributed by atoms with van der Waals surface area (Å²) < 4.78 is 1.73. The average molecular weight is 256 g/mol. The van der Waals surface area contributed by atoms with Gasteiger partial charge in [-0.3, -0.25) is 14.5 Å². The Hall–Kier alpha value is -2.17. The summed E-state index contributed by atoms with van der Waals surface area (Å²) in [5.74, 6) is -0.0389. The molecule has 5 nitrogen and oxygen atoms in total. The predicted molar refractivity (Wildman–Crippen MR) is 71.5 cm³/mol. The van der Waals surface area contributed by atoms with Crippen LogP contribution in [-0.2, 0) is 7.05 Å². The van der Waals surface area contributed by atoms with Gasteiger partial charge in [-0.05, 0) is 25.3 Å². The maximum absolute atomic E-state index is 12.1. The summed E-state index contributed by atoms with van der Waals surface area (Å²) in [6, 6.07) is 2.20. The van der Waals surface area contributed by atoms with E-state index in [1.54, 1.807) is 23.3 Å². The van der Waals surface area contributed by atoms with Crippen LogP contribution in [0.5, 0.6) is 0 Å². The second-order valence-electron chi connectivity index (χ2n) is 4.97. The zero-order valence-electron chi connectivity index (χ0n) is 10.8. The first kappa shape index (κ1) is 11.9. The fourth-order valence-electron chi connectivity index (χ4n) is 2.11. The molecule has 1 aliphatic rings. The molecule has 0 saturated heterocycles. The molecule has 0 bridgehead atoms. The number of carbonyl (C=O) groups is 1. The van der Waals surface area contributed by atoms with Gasteiger partial charge in [0.2, 0.25) is 0 Å². The van der Waals surface area contributed by atoms with Gasteiger partial charge in [0.05, 0.1) is 11.8 Å². The third-order valence-corrected chi connectivity index (χ3v) is 3.48. The summed E-state index contributed by atoms with van der Waals surface area (Å²) in [5.41, 5.74) is 2.48. The quantitative estimate of drug-likeness (QED) is 0.910. The van der Waals surface area contributed by atoms with Crippen molar-refractivity contribution in [1.82, 2.24) is 20.1 Å². The van der Waals surface area contributed by atoms with Crippen molar-refractivity contribution in [3.63, 3.8) is 0 Å². The lowest BCUT2D eigenvalue weighted by Crippen LogP contribution is -2.39. The molecule has 2 aromatic heterocycles. The molecule has 2 aromatic rings. The highest BCUT2D eigenvalue weighted by Gasteiger charge is 2.20. The van der Waals surface area contributed by atoms with Crippen molar-refractivity contribution in [1.29, 1.82) is 0 Å². The number of aromatic nitrogens is 3. The van der Waals surface area contributed by atoms with Crippen molar-refractivity contribution in [2.24, 2.45) is 7.05 Å². The molecule has 19 heavy (non-hydrogen) atoms. The monoisotopic (exact) mass is 256 g/mol. The largest absolute Gasteiger partial charge is 0.349 e. The van der Waals surface area contributed by atoms with E-state index < -0.39 is 0 Å². The SMILES string of the molecule is Cn1cc(-c2cncc(C(=O)NC3CCC3)c2)cn1. The first-order valence-electron chi connectivity index (χ1n) is 6.47. The van der Waals surface area contributed by atoms with Gasteiger partial charge in [0.15, 0.2) is 0 Å². The molecule has 0 radical (unpaired) electrons. The van der Waals surface area contributed by atoms with Gasteiger partial charge in [-0.15, -0.1) is 0 Å². The van der Waals surface area contributed by atoms with E-state index in [4.69, 9.17) is 0 Å². The lowest BCUT2D eigenvalue weighted by Gasteiger charge is -2.26. The molecule has 1 fully saturated rings. The van der Waals surface area contributed by atoms with E-state index in [0.29, 0.717) is 11.6 Å². The molecule has 0 spiro atoms. The minimum Gasteiger partial charge on any atom is -0.349 e. The first-order valence-corrected chi connectivity index (χ1v) is 6.47. The van der Waals surface area contributed by atoms with Crippen LogP contribution < -0.4 is 5.32 Å². The fourth-order valence-corrected chi connectivity index (χ4v) is 2.11. The number of pyridine rings is 1. The zero-order chi connectivity index (χ0) is 13.2. The molecule has 1 aliphatic carbocycles. The minimum atomic E-state index is -0.0389. The molecule has 98 valence electrons. The first-order chi connectivity index (χ1) is 9.22. The van der Waals surface area contributed by atoms with Crippen molar-refractivity contribution in [3.8, 4) is 11.1 Å². The van der Waals surface area contributed by atoms with E-state index in [2.05, 4.69) is 15.4 Å². The number of nitrogens with one attached hydrogen (secondary N) is 1. The van der Waals surface area contributed by atoms with E-state index in [9.17, 15) is 4.79 Å². The second-order valence-corrected chi connectivity index (χ2v) is 4.97. The number of hydrogen-bond acceptors (Lipinski definition) is 3. The van der Waals surface area contributed by atoms with Crippen LogP contribution in [0.2, 0.25) is 0 Å². The molecule has 3 rings (SSSR count). The number of rotatable bonds is 3. The summed E-state index contributed by atoms with van der Waals surface area (Å²) in [7, 11) is 1.87. The molecule has 1 N–H and O–H groups in total. The van der Waals surface area contributed by atoms with Crippen molar-refractivity contribution in [2.45, 2.75) is 25.3 Å². The fraction of sp³-hybridized carbons (Fsp3) is 0.357. The lowest BCUT2D eigenvalue weighted by molar-refractivity contribution is 0.0916. The Morgan fingerprint density at radius 2 is 2.16 bits per heavy atom. The highest BCUT2D eigenvalue weighted by Crippen LogP contribution is 2.20. The molecule has 0 aliphatic heterocycles. The van der Waals surface area contributed by atoms with Gasteiger partial charge in [0, 0.05) is 42.8 Å². The second kappa shape index (κ2) is 4.84. The predicted octanol–water partition coefficient (Wildman–Crippen LogP) is 1.76. The van der Waals surface area contributed by atoms with E-state index in [1.807, 2.05) is 19.3 Å². The standard InChI is InChI=1S/C14H16N4O/c1-18-9-12(8-16-18)10-5-11(7-15-6-10)14(19)17-13-3-2-4-13/h5-9,13H,2-4H2,1H3,(H,17,19). The molecule has 0 unspecified atom stereocenters. The number of nitrogens with zero attached hydrogens (tertiary/aromatic N) is 3. The Labute approximate surface area is 111 Å². The molecular weight excluding hydrogens is 240 g/mol. The molecule has 0 atom stereocenters. The maximum atomic E-state index is 12.1. The highest BCUT2D eigenvalue weighted by atomic mass is 16.1. The lowest BCUT2D eigenvalue weighted by atomic mass is 9.93. The van der Waals surface area contributed by atoms with Crippen LogP contribution >= 0.6 is 0 Å². The summed E-state index contributed by atoms with van der Waals surface area (Å²) in [6.07, 6.45) is 10.4. The molecule has 5 heteroatoms. The Morgan fingerprint density at radius 1 is 1.32 bits per heavy atom. The van der Waals surface area contributed by atoms with E-state index in [0.717, 1.165) is 24.0 Å². The number of carbonyl (C=O) groups excluding carboxylic acids is 1. The van der Waals surface area contributed by atoms with Gasteiger partial charge in [-0.25, -0.2) is 0 Å². The van der Waals surface area contributed by atoms with Gasteiger partial charge in [0.25, 0.3) is 5.91 Å². The van der Waals surface area contributed by atoms with Crippen molar-refractivity contribution < 1.29 is 4.79 Å². The van der Waals surface area contributed by atoms with Crippen molar-refractivity contribution >= 4 is 5.91 Å². The zero-order valence-corrected chi connectivity index (χ0v) is 10.8. The van der Waals surface area contributed by atoms with E-state index in [-0.39, 0.29) is 5.91 Å². The maximum Gasteiger partial charge on any atom is 0.253 e. The van der Waals surface area contributed by atoms with Crippen LogP contribution in [-0.4, -0.2) is 26.7 Å². The Balaban J connectivity index is 1.80. The molecule has 0 aromatic carbocycles. The van der Waals surface area contributed by atoms with Crippen LogP contribution in [0.1, 0.15) is 29.6 Å². The Bertz CT molecular complexity index is 601. The summed E-state index contributed by atoms with van der Waals surface area (Å²) in [4.78, 5) is 16.2. The molecule has 1 amide bonds. The van der Waals surface area contributed by atoms with Gasteiger partial charge in [-0.2, -0.15) is 5.10 Å². The average Bonchev–Trinajstić information content (AvgIpc) is 2.80. The van der Waals surface area contributed by atoms with E-state index >= 15 is 0 Å².